The largest absolute Gasteiger partial charge is 0.493 e. The molecular formula is C18H21N3O4. The van der Waals surface area contributed by atoms with Crippen molar-refractivity contribution in [2.75, 3.05) is 0 Å². The van der Waals surface area contributed by atoms with Crippen LogP contribution in [0.15, 0.2) is 33.9 Å². The van der Waals surface area contributed by atoms with Gasteiger partial charge >= 0.3 is 5.69 Å². The van der Waals surface area contributed by atoms with E-state index in [9.17, 15) is 19.5 Å². The van der Waals surface area contributed by atoms with Crippen LogP contribution in [0.5, 0.6) is 5.88 Å². The molecule has 3 N–H and O–H groups in total. The van der Waals surface area contributed by atoms with Crippen molar-refractivity contribution < 1.29 is 9.90 Å². The lowest BCUT2D eigenvalue weighted by molar-refractivity contribution is 0.0922. The summed E-state index contributed by atoms with van der Waals surface area (Å²) in [5.74, 6) is -1.31. The van der Waals surface area contributed by atoms with Crippen LogP contribution in [0.1, 0.15) is 48.0 Å². The van der Waals surface area contributed by atoms with Crippen molar-refractivity contribution in [3.05, 3.63) is 56.2 Å². The second-order valence-electron chi connectivity index (χ2n) is 6.44. The van der Waals surface area contributed by atoms with Crippen molar-refractivity contribution >= 4 is 5.91 Å². The zero-order chi connectivity index (χ0) is 18.0. The molecule has 25 heavy (non-hydrogen) atoms. The molecule has 0 unspecified atom stereocenters. The lowest BCUT2D eigenvalue weighted by Crippen LogP contribution is -2.41. The molecule has 2 aromatic rings. The molecule has 7 heteroatoms. The minimum absolute atomic E-state index is 0.0144. The maximum Gasteiger partial charge on any atom is 0.335 e. The van der Waals surface area contributed by atoms with Crippen LogP contribution in [0.3, 0.4) is 0 Å². The smallest absolute Gasteiger partial charge is 0.335 e. The molecule has 0 saturated heterocycles. The number of benzene rings is 1. The highest BCUT2D eigenvalue weighted by Crippen LogP contribution is 2.20. The van der Waals surface area contributed by atoms with Gasteiger partial charge in [0.2, 0.25) is 5.88 Å². The van der Waals surface area contributed by atoms with Gasteiger partial charge in [0.25, 0.3) is 11.5 Å². The molecule has 3 rings (SSSR count). The fourth-order valence-electron chi connectivity index (χ4n) is 3.24. The fourth-order valence-corrected chi connectivity index (χ4v) is 3.24. The lowest BCUT2D eigenvalue weighted by Gasteiger charge is -2.22. The van der Waals surface area contributed by atoms with Crippen molar-refractivity contribution in [1.82, 2.24) is 14.9 Å². The van der Waals surface area contributed by atoms with E-state index in [4.69, 9.17) is 0 Å². The average Bonchev–Trinajstić information content (AvgIpc) is 2.55. The maximum atomic E-state index is 12.5. The number of nitrogens with zero attached hydrogens (tertiary/aromatic N) is 1. The number of aromatic amines is 1. The third kappa shape index (κ3) is 3.50. The van der Waals surface area contributed by atoms with Crippen LogP contribution in [-0.4, -0.2) is 26.6 Å². The van der Waals surface area contributed by atoms with Crippen LogP contribution in [0, 0.1) is 6.92 Å². The number of hydrogen-bond donors (Lipinski definition) is 3. The highest BCUT2D eigenvalue weighted by Gasteiger charge is 2.24. The van der Waals surface area contributed by atoms with Crippen molar-refractivity contribution in [3.63, 3.8) is 0 Å². The molecule has 0 spiro atoms. The molecular weight excluding hydrogens is 322 g/mol. The molecule has 1 aliphatic carbocycles. The second-order valence-corrected chi connectivity index (χ2v) is 6.44. The number of aryl methyl sites for hydroxylation is 1. The van der Waals surface area contributed by atoms with Crippen molar-refractivity contribution in [2.45, 2.75) is 45.1 Å². The SMILES string of the molecule is Cc1cccc(-n2c(O)c(C(=O)NC3CCCCC3)c(=O)[nH]c2=O)c1. The number of nitrogens with one attached hydrogen (secondary N) is 2. The molecule has 1 aliphatic rings. The van der Waals surface area contributed by atoms with Crippen molar-refractivity contribution in [1.29, 1.82) is 0 Å². The number of rotatable bonds is 3. The molecule has 1 aromatic carbocycles. The van der Waals surface area contributed by atoms with E-state index in [1.807, 2.05) is 13.0 Å². The Hall–Kier alpha value is -2.83. The molecule has 0 radical (unpaired) electrons. The lowest BCUT2D eigenvalue weighted by atomic mass is 9.95. The summed E-state index contributed by atoms with van der Waals surface area (Å²) in [5, 5.41) is 13.3. The van der Waals surface area contributed by atoms with Crippen LogP contribution >= 0.6 is 0 Å². The van der Waals surface area contributed by atoms with E-state index >= 15 is 0 Å². The molecule has 0 atom stereocenters. The molecule has 1 amide bonds. The number of aromatic hydroxyl groups is 1. The Morgan fingerprint density at radius 2 is 1.96 bits per heavy atom. The van der Waals surface area contributed by atoms with Gasteiger partial charge in [0.1, 0.15) is 0 Å². The zero-order valence-corrected chi connectivity index (χ0v) is 14.0. The predicted molar refractivity (Wildman–Crippen MR) is 93.4 cm³/mol. The number of H-pyrrole nitrogens is 1. The summed E-state index contributed by atoms with van der Waals surface area (Å²) in [7, 11) is 0. The Morgan fingerprint density at radius 3 is 2.64 bits per heavy atom. The van der Waals surface area contributed by atoms with Crippen molar-refractivity contribution in [3.8, 4) is 11.6 Å². The molecule has 1 saturated carbocycles. The predicted octanol–water partition coefficient (Wildman–Crippen LogP) is 1.60. The molecule has 0 bridgehead atoms. The van der Waals surface area contributed by atoms with Gasteiger partial charge < -0.3 is 10.4 Å². The fraction of sp³-hybridized carbons (Fsp3) is 0.389. The second kappa shape index (κ2) is 6.96. The normalized spacial score (nSPS) is 15.1. The van der Waals surface area contributed by atoms with E-state index in [1.54, 1.807) is 18.2 Å². The first-order valence-electron chi connectivity index (χ1n) is 8.43. The number of carbonyl (C=O) groups is 1. The number of carbonyl (C=O) groups excluding carboxylic acids is 1. The molecule has 7 nitrogen and oxygen atoms in total. The summed E-state index contributed by atoms with van der Waals surface area (Å²) in [6, 6.07) is 6.86. The first-order valence-corrected chi connectivity index (χ1v) is 8.43. The van der Waals surface area contributed by atoms with Crippen LogP contribution in [-0.2, 0) is 0 Å². The molecule has 132 valence electrons. The highest BCUT2D eigenvalue weighted by atomic mass is 16.3. The van der Waals surface area contributed by atoms with Crippen LogP contribution in [0.4, 0.5) is 0 Å². The average molecular weight is 343 g/mol. The molecule has 1 heterocycles. The van der Waals surface area contributed by atoms with E-state index in [1.165, 1.54) is 0 Å². The van der Waals surface area contributed by atoms with Gasteiger partial charge in [-0.05, 0) is 37.5 Å². The minimum atomic E-state index is -0.889. The van der Waals surface area contributed by atoms with Gasteiger partial charge in [-0.3, -0.25) is 14.6 Å². The van der Waals surface area contributed by atoms with Gasteiger partial charge in [0, 0.05) is 6.04 Å². The summed E-state index contributed by atoms with van der Waals surface area (Å²) in [6.45, 7) is 1.84. The van der Waals surface area contributed by atoms with E-state index in [-0.39, 0.29) is 6.04 Å². The number of hydrogen-bond acceptors (Lipinski definition) is 4. The van der Waals surface area contributed by atoms with E-state index in [0.717, 1.165) is 42.2 Å². The van der Waals surface area contributed by atoms with Gasteiger partial charge in [0.05, 0.1) is 5.69 Å². The Morgan fingerprint density at radius 1 is 1.24 bits per heavy atom. The van der Waals surface area contributed by atoms with Crippen LogP contribution in [0.2, 0.25) is 0 Å². The molecule has 1 fully saturated rings. The summed E-state index contributed by atoms with van der Waals surface area (Å²) >= 11 is 0. The third-order valence-electron chi connectivity index (χ3n) is 4.51. The van der Waals surface area contributed by atoms with Gasteiger partial charge in [0.15, 0.2) is 5.56 Å². The summed E-state index contributed by atoms with van der Waals surface area (Å²) in [6.07, 6.45) is 4.88. The number of amides is 1. The standard InChI is InChI=1S/C18H21N3O4/c1-11-6-5-9-13(10-11)21-17(24)14(16(23)20-18(21)25)15(22)19-12-7-3-2-4-8-12/h5-6,9-10,12,24H,2-4,7-8H2,1H3,(H,19,22)(H,20,23,25). The Kier molecular flexibility index (Phi) is 4.74. The van der Waals surface area contributed by atoms with E-state index in [0.29, 0.717) is 5.69 Å². The van der Waals surface area contributed by atoms with Crippen molar-refractivity contribution in [2.24, 2.45) is 0 Å². The maximum absolute atomic E-state index is 12.5. The van der Waals surface area contributed by atoms with Gasteiger partial charge in [-0.15, -0.1) is 0 Å². The topological polar surface area (TPSA) is 104 Å². The van der Waals surface area contributed by atoms with Crippen LogP contribution < -0.4 is 16.6 Å². The quantitative estimate of drug-likeness (QED) is 0.787. The Labute approximate surface area is 144 Å². The highest BCUT2D eigenvalue weighted by molar-refractivity contribution is 5.96. The van der Waals surface area contributed by atoms with E-state index in [2.05, 4.69) is 10.3 Å². The molecule has 1 aromatic heterocycles. The first kappa shape index (κ1) is 17.0. The Bertz CT molecular complexity index is 907. The minimum Gasteiger partial charge on any atom is -0.493 e. The van der Waals surface area contributed by atoms with E-state index < -0.39 is 28.6 Å². The summed E-state index contributed by atoms with van der Waals surface area (Å²) in [5.41, 5.74) is -0.859. The summed E-state index contributed by atoms with van der Waals surface area (Å²) < 4.78 is 0.935. The van der Waals surface area contributed by atoms with Crippen LogP contribution in [0.25, 0.3) is 5.69 Å². The summed E-state index contributed by atoms with van der Waals surface area (Å²) in [4.78, 5) is 38.9. The molecule has 0 aliphatic heterocycles. The zero-order valence-electron chi connectivity index (χ0n) is 14.0. The first-order chi connectivity index (χ1) is 12.0. The third-order valence-corrected chi connectivity index (χ3v) is 4.51. The Balaban J connectivity index is 2.02. The number of aromatic nitrogens is 2. The monoisotopic (exact) mass is 343 g/mol. The van der Waals surface area contributed by atoms with Gasteiger partial charge in [-0.2, -0.15) is 0 Å². The van der Waals surface area contributed by atoms with Gasteiger partial charge in [-0.1, -0.05) is 31.4 Å². The van der Waals surface area contributed by atoms with Gasteiger partial charge in [-0.25, -0.2) is 9.36 Å².